The Morgan fingerprint density at radius 3 is 2.31 bits per heavy atom. The van der Waals surface area contributed by atoms with Crippen molar-refractivity contribution in [2.24, 2.45) is 0 Å². The molecule has 0 saturated carbocycles. The maximum absolute atomic E-state index is 13.8. The molecule has 0 aliphatic carbocycles. The van der Waals surface area contributed by atoms with Crippen molar-refractivity contribution in [3.63, 3.8) is 0 Å². The Balaban J connectivity index is 0.00000361. The highest BCUT2D eigenvalue weighted by Crippen LogP contribution is 2.35. The van der Waals surface area contributed by atoms with Crippen molar-refractivity contribution < 1.29 is 18.7 Å². The molecule has 36 heavy (non-hydrogen) atoms. The molecule has 190 valence electrons. The fourth-order valence-corrected chi connectivity index (χ4v) is 4.30. The molecule has 3 aromatic rings. The van der Waals surface area contributed by atoms with E-state index in [-0.39, 0.29) is 24.2 Å². The van der Waals surface area contributed by atoms with Gasteiger partial charge in [0, 0.05) is 31.9 Å². The fourth-order valence-electron chi connectivity index (χ4n) is 4.17. The van der Waals surface area contributed by atoms with Crippen LogP contribution in [0.3, 0.4) is 0 Å². The van der Waals surface area contributed by atoms with Crippen molar-refractivity contribution in [3.8, 4) is 11.5 Å². The van der Waals surface area contributed by atoms with Gasteiger partial charge in [-0.05, 0) is 60.5 Å². The Hall–Kier alpha value is -3.13. The van der Waals surface area contributed by atoms with Gasteiger partial charge in [-0.1, -0.05) is 30.3 Å². The van der Waals surface area contributed by atoms with E-state index in [1.54, 1.807) is 17.0 Å². The fraction of sp³-hybridized carbons (Fsp3) is 0.259. The molecule has 6 nitrogen and oxygen atoms in total. The summed E-state index contributed by atoms with van der Waals surface area (Å²) < 4.78 is 19.7. The first-order valence-corrected chi connectivity index (χ1v) is 12.0. The first-order valence-electron chi connectivity index (χ1n) is 11.4. The van der Waals surface area contributed by atoms with Crippen molar-refractivity contribution >= 4 is 41.5 Å². The number of rotatable bonds is 7. The van der Waals surface area contributed by atoms with Crippen LogP contribution in [0.1, 0.15) is 17.2 Å². The number of alkyl halides is 1. The Morgan fingerprint density at radius 2 is 1.69 bits per heavy atom. The topological polar surface area (TPSA) is 61.9 Å². The number of aryl methyl sites for hydroxylation is 1. The monoisotopic (exact) mass is 531 g/mol. The van der Waals surface area contributed by atoms with Crippen LogP contribution in [0.5, 0.6) is 11.5 Å². The molecule has 2 amide bonds. The summed E-state index contributed by atoms with van der Waals surface area (Å²) in [6.45, 7) is 4.20. The molecule has 1 fully saturated rings. The number of para-hydroxylation sites is 1. The molecule has 0 spiro atoms. The van der Waals surface area contributed by atoms with Crippen molar-refractivity contribution in [1.82, 2.24) is 10.2 Å². The van der Waals surface area contributed by atoms with E-state index in [1.807, 2.05) is 43.3 Å². The number of hydrogen-bond acceptors (Lipinski definition) is 4. The average Bonchev–Trinajstić information content (AvgIpc) is 2.89. The van der Waals surface area contributed by atoms with Gasteiger partial charge >= 0.3 is 0 Å². The van der Waals surface area contributed by atoms with Crippen LogP contribution in [-0.2, 0) is 9.59 Å². The molecule has 1 aliphatic rings. The summed E-state index contributed by atoms with van der Waals surface area (Å²) in [4.78, 5) is 30.1. The number of anilines is 1. The van der Waals surface area contributed by atoms with Gasteiger partial charge in [-0.3, -0.25) is 14.5 Å². The highest BCUT2D eigenvalue weighted by molar-refractivity contribution is 6.30. The third-order valence-electron chi connectivity index (χ3n) is 5.90. The number of piperazine rings is 1. The molecule has 1 heterocycles. The Morgan fingerprint density at radius 1 is 1.03 bits per heavy atom. The van der Waals surface area contributed by atoms with Crippen molar-refractivity contribution in [2.45, 2.75) is 13.0 Å². The number of ether oxygens (including phenoxy) is 1. The second-order valence-electron chi connectivity index (χ2n) is 8.29. The zero-order valence-electron chi connectivity index (χ0n) is 19.8. The van der Waals surface area contributed by atoms with Crippen LogP contribution >= 0.6 is 24.0 Å². The minimum atomic E-state index is -0.987. The van der Waals surface area contributed by atoms with E-state index >= 15 is 0 Å². The Kier molecular flexibility index (Phi) is 9.70. The molecule has 1 saturated heterocycles. The third-order valence-corrected chi connectivity index (χ3v) is 6.12. The third kappa shape index (κ3) is 6.35. The van der Waals surface area contributed by atoms with Crippen molar-refractivity contribution in [2.75, 3.05) is 37.0 Å². The van der Waals surface area contributed by atoms with E-state index in [2.05, 4.69) is 5.32 Å². The summed E-state index contributed by atoms with van der Waals surface area (Å²) in [6.07, 6.45) is 0. The van der Waals surface area contributed by atoms with Gasteiger partial charge in [0.1, 0.15) is 29.2 Å². The maximum atomic E-state index is 13.8. The largest absolute Gasteiger partial charge is 0.457 e. The first kappa shape index (κ1) is 27.5. The van der Waals surface area contributed by atoms with E-state index in [0.717, 1.165) is 5.56 Å². The highest BCUT2D eigenvalue weighted by Gasteiger charge is 2.36. The van der Waals surface area contributed by atoms with E-state index < -0.39 is 17.8 Å². The summed E-state index contributed by atoms with van der Waals surface area (Å²) >= 11 is 6.02. The zero-order chi connectivity index (χ0) is 24.8. The molecule has 1 aliphatic heterocycles. The van der Waals surface area contributed by atoms with E-state index in [9.17, 15) is 14.0 Å². The average molecular weight is 532 g/mol. The van der Waals surface area contributed by atoms with Gasteiger partial charge in [-0.15, -0.1) is 24.0 Å². The van der Waals surface area contributed by atoms with Crippen LogP contribution < -0.4 is 15.0 Å². The molecule has 0 aromatic heterocycles. The smallest absolute Gasteiger partial charge is 0.250 e. The van der Waals surface area contributed by atoms with Gasteiger partial charge in [-0.25, -0.2) is 4.39 Å². The first-order chi connectivity index (χ1) is 17.0. The highest BCUT2D eigenvalue weighted by atomic mass is 35.5. The molecule has 9 heteroatoms. The SMILES string of the molecule is Cc1cc(Oc2ccccc2)ccc1N(C(=O)CCl)C(C(=O)N1CCNCC1)c1ccc(F)cc1.Cl. The second kappa shape index (κ2) is 12.7. The lowest BCUT2D eigenvalue weighted by molar-refractivity contribution is -0.135. The number of halogens is 3. The molecule has 1 unspecified atom stereocenters. The number of carbonyl (C=O) groups is 2. The number of amides is 2. The quantitative estimate of drug-likeness (QED) is 0.431. The molecule has 0 bridgehead atoms. The predicted octanol–water partition coefficient (Wildman–Crippen LogP) is 5.09. The summed E-state index contributed by atoms with van der Waals surface area (Å²) in [6, 6.07) is 19.4. The number of nitrogens with one attached hydrogen (secondary N) is 1. The van der Waals surface area contributed by atoms with Gasteiger partial charge in [0.25, 0.3) is 0 Å². The molecule has 4 rings (SSSR count). The van der Waals surface area contributed by atoms with Crippen LogP contribution in [0.4, 0.5) is 10.1 Å². The lowest BCUT2D eigenvalue weighted by Gasteiger charge is -2.37. The van der Waals surface area contributed by atoms with Crippen LogP contribution in [-0.4, -0.2) is 48.8 Å². The van der Waals surface area contributed by atoms with Gasteiger partial charge in [0.05, 0.1) is 0 Å². The Bertz CT molecular complexity index is 1170. The lowest BCUT2D eigenvalue weighted by Crippen LogP contribution is -2.52. The van der Waals surface area contributed by atoms with E-state index in [4.69, 9.17) is 16.3 Å². The van der Waals surface area contributed by atoms with Crippen LogP contribution in [0.15, 0.2) is 72.8 Å². The molecule has 1 N–H and O–H groups in total. The molecule has 3 aromatic carbocycles. The summed E-state index contributed by atoms with van der Waals surface area (Å²) in [5, 5.41) is 3.23. The minimum absolute atomic E-state index is 0. The molecule has 0 radical (unpaired) electrons. The van der Waals surface area contributed by atoms with Gasteiger partial charge < -0.3 is 15.0 Å². The maximum Gasteiger partial charge on any atom is 0.250 e. The summed E-state index contributed by atoms with van der Waals surface area (Å²) in [7, 11) is 0. The molecule has 1 atom stereocenters. The van der Waals surface area contributed by atoms with Gasteiger partial charge in [0.2, 0.25) is 11.8 Å². The summed E-state index contributed by atoms with van der Waals surface area (Å²) in [5.74, 6) is -0.108. The predicted molar refractivity (Wildman–Crippen MR) is 142 cm³/mol. The second-order valence-corrected chi connectivity index (χ2v) is 8.56. The van der Waals surface area contributed by atoms with E-state index in [1.165, 1.54) is 29.2 Å². The standard InChI is InChI=1S/C27H27ClFN3O3.ClH/c1-19-17-23(35-22-5-3-2-4-6-22)11-12-24(19)32(25(33)18-28)26(20-7-9-21(29)10-8-20)27(34)31-15-13-30-14-16-31;/h2-12,17,26,30H,13-16,18H2,1H3;1H. The van der Waals surface area contributed by atoms with Gasteiger partial charge in [0.15, 0.2) is 0 Å². The lowest BCUT2D eigenvalue weighted by atomic mass is 10.0. The van der Waals surface area contributed by atoms with Crippen molar-refractivity contribution in [3.05, 3.63) is 89.7 Å². The number of nitrogens with zero attached hydrogens (tertiary/aromatic N) is 2. The van der Waals surface area contributed by atoms with Gasteiger partial charge in [-0.2, -0.15) is 0 Å². The number of carbonyl (C=O) groups excluding carboxylic acids is 2. The summed E-state index contributed by atoms with van der Waals surface area (Å²) in [5.41, 5.74) is 1.78. The zero-order valence-corrected chi connectivity index (χ0v) is 21.4. The number of hydrogen-bond donors (Lipinski definition) is 1. The normalized spacial score (nSPS) is 13.9. The van der Waals surface area contributed by atoms with E-state index in [0.29, 0.717) is 48.9 Å². The van der Waals surface area contributed by atoms with Crippen LogP contribution in [0.2, 0.25) is 0 Å². The Labute approximate surface area is 221 Å². The molecular weight excluding hydrogens is 504 g/mol. The van der Waals surface area contributed by atoms with Crippen LogP contribution in [0, 0.1) is 12.7 Å². The van der Waals surface area contributed by atoms with Crippen LogP contribution in [0.25, 0.3) is 0 Å². The number of benzene rings is 3. The van der Waals surface area contributed by atoms with Crippen molar-refractivity contribution in [1.29, 1.82) is 0 Å². The molecular formula is C27H28Cl2FN3O3. The minimum Gasteiger partial charge on any atom is -0.457 e.